The molecule has 1 aliphatic rings. The molecule has 0 aromatic carbocycles. The Labute approximate surface area is 121 Å². The van der Waals surface area contributed by atoms with E-state index >= 15 is 0 Å². The van der Waals surface area contributed by atoms with E-state index in [2.05, 4.69) is 51.4 Å². The van der Waals surface area contributed by atoms with Crippen molar-refractivity contribution in [1.29, 1.82) is 0 Å². The van der Waals surface area contributed by atoms with Crippen molar-refractivity contribution in [2.75, 3.05) is 6.54 Å². The monoisotopic (exact) mass is 281 g/mol. The molecule has 2 rings (SSSR count). The minimum atomic E-state index is 0.333. The van der Waals surface area contributed by atoms with Crippen molar-refractivity contribution in [3.63, 3.8) is 0 Å². The maximum Gasteiger partial charge on any atom is 0.0600 e. The Bertz CT molecular complexity index is 403. The van der Waals surface area contributed by atoms with Crippen LogP contribution in [0.2, 0.25) is 0 Å². The molecule has 3 heteroatoms. The van der Waals surface area contributed by atoms with E-state index < -0.39 is 0 Å². The summed E-state index contributed by atoms with van der Waals surface area (Å²) in [5, 5.41) is 6.06. The van der Waals surface area contributed by atoms with Gasteiger partial charge < -0.3 is 10.1 Å². The molecule has 1 aromatic rings. The lowest BCUT2D eigenvalue weighted by molar-refractivity contribution is 0.0475. The van der Waals surface area contributed by atoms with Crippen LogP contribution in [0.15, 0.2) is 11.4 Å². The molecule has 108 valence electrons. The minimum absolute atomic E-state index is 0.333. The van der Waals surface area contributed by atoms with Crippen LogP contribution in [0.1, 0.15) is 50.6 Å². The van der Waals surface area contributed by atoms with Crippen LogP contribution in [0.25, 0.3) is 0 Å². The lowest BCUT2D eigenvalue weighted by Crippen LogP contribution is -2.35. The zero-order chi connectivity index (χ0) is 14.0. The fourth-order valence-electron chi connectivity index (χ4n) is 3.27. The standard InChI is InChI=1S/C16H27NOS/c1-6-7-17-16(14-8-10(2)19-9-14)15-11(3)12(4)18-13(15)5/h8-9,11-13,15-17H,6-7H2,1-5H3. The van der Waals surface area contributed by atoms with E-state index in [4.69, 9.17) is 4.74 Å². The summed E-state index contributed by atoms with van der Waals surface area (Å²) in [5.74, 6) is 1.17. The Kier molecular flexibility index (Phi) is 5.04. The number of rotatable bonds is 5. The fourth-order valence-corrected chi connectivity index (χ4v) is 4.01. The summed E-state index contributed by atoms with van der Waals surface area (Å²) in [6.07, 6.45) is 1.87. The van der Waals surface area contributed by atoms with Crippen molar-refractivity contribution in [3.05, 3.63) is 21.9 Å². The third-order valence-corrected chi connectivity index (χ3v) is 5.31. The Hall–Kier alpha value is -0.380. The molecule has 0 aliphatic carbocycles. The van der Waals surface area contributed by atoms with E-state index in [-0.39, 0.29) is 0 Å². The number of thiophene rings is 1. The van der Waals surface area contributed by atoms with Gasteiger partial charge in [-0.2, -0.15) is 0 Å². The highest BCUT2D eigenvalue weighted by Gasteiger charge is 2.42. The molecule has 1 aromatic heterocycles. The molecular weight excluding hydrogens is 254 g/mol. The third-order valence-electron chi connectivity index (χ3n) is 4.43. The number of hydrogen-bond donors (Lipinski definition) is 1. The molecule has 0 bridgehead atoms. The van der Waals surface area contributed by atoms with Gasteiger partial charge in [-0.05, 0) is 56.7 Å². The van der Waals surface area contributed by atoms with Gasteiger partial charge in [-0.3, -0.25) is 0 Å². The molecule has 1 fully saturated rings. The van der Waals surface area contributed by atoms with Gasteiger partial charge in [0.25, 0.3) is 0 Å². The zero-order valence-corrected chi connectivity index (χ0v) is 13.6. The van der Waals surface area contributed by atoms with Gasteiger partial charge in [0.2, 0.25) is 0 Å². The lowest BCUT2D eigenvalue weighted by atomic mass is 9.81. The summed E-state index contributed by atoms with van der Waals surface area (Å²) >= 11 is 1.85. The topological polar surface area (TPSA) is 21.3 Å². The molecule has 0 amide bonds. The highest BCUT2D eigenvalue weighted by atomic mass is 32.1. The molecule has 19 heavy (non-hydrogen) atoms. The van der Waals surface area contributed by atoms with Crippen LogP contribution in [0, 0.1) is 18.8 Å². The molecule has 0 spiro atoms. The van der Waals surface area contributed by atoms with Gasteiger partial charge in [0.1, 0.15) is 0 Å². The highest BCUT2D eigenvalue weighted by Crippen LogP contribution is 2.41. The molecule has 1 aliphatic heterocycles. The first-order chi connectivity index (χ1) is 9.04. The number of ether oxygens (including phenoxy) is 1. The third kappa shape index (κ3) is 3.21. The molecule has 0 radical (unpaired) electrons. The predicted octanol–water partition coefficient (Wildman–Crippen LogP) is 4.16. The van der Waals surface area contributed by atoms with Crippen molar-refractivity contribution in [1.82, 2.24) is 5.32 Å². The van der Waals surface area contributed by atoms with Crippen LogP contribution in [0.5, 0.6) is 0 Å². The van der Waals surface area contributed by atoms with Gasteiger partial charge >= 0.3 is 0 Å². The van der Waals surface area contributed by atoms with Crippen LogP contribution in [-0.4, -0.2) is 18.8 Å². The maximum absolute atomic E-state index is 6.04. The van der Waals surface area contributed by atoms with E-state index in [1.807, 2.05) is 11.3 Å². The Morgan fingerprint density at radius 2 is 2.05 bits per heavy atom. The number of hydrogen-bond acceptors (Lipinski definition) is 3. The van der Waals surface area contributed by atoms with Crippen molar-refractivity contribution in [3.8, 4) is 0 Å². The summed E-state index contributed by atoms with van der Waals surface area (Å²) in [7, 11) is 0. The van der Waals surface area contributed by atoms with Crippen LogP contribution in [0.4, 0.5) is 0 Å². The fraction of sp³-hybridized carbons (Fsp3) is 0.750. The molecule has 1 N–H and O–H groups in total. The van der Waals surface area contributed by atoms with Gasteiger partial charge in [-0.15, -0.1) is 11.3 Å². The quantitative estimate of drug-likeness (QED) is 0.875. The van der Waals surface area contributed by atoms with Gasteiger partial charge in [-0.1, -0.05) is 13.8 Å². The number of aryl methyl sites for hydroxylation is 1. The molecule has 1 saturated heterocycles. The van der Waals surface area contributed by atoms with Crippen LogP contribution < -0.4 is 5.32 Å². The second-order valence-corrected chi connectivity index (χ2v) is 7.02. The van der Waals surface area contributed by atoms with Gasteiger partial charge in [-0.25, -0.2) is 0 Å². The minimum Gasteiger partial charge on any atom is -0.375 e. The smallest absolute Gasteiger partial charge is 0.0600 e. The van der Waals surface area contributed by atoms with E-state index in [0.717, 1.165) is 6.54 Å². The first-order valence-corrected chi connectivity index (χ1v) is 8.36. The average Bonchev–Trinajstić information content (AvgIpc) is 2.88. The summed E-state index contributed by atoms with van der Waals surface area (Å²) in [4.78, 5) is 1.39. The van der Waals surface area contributed by atoms with E-state index in [9.17, 15) is 0 Å². The summed E-state index contributed by atoms with van der Waals surface area (Å²) < 4.78 is 6.04. The first-order valence-electron chi connectivity index (χ1n) is 7.48. The predicted molar refractivity (Wildman–Crippen MR) is 82.8 cm³/mol. The molecular formula is C16H27NOS. The van der Waals surface area contributed by atoms with Crippen molar-refractivity contribution >= 4 is 11.3 Å². The van der Waals surface area contributed by atoms with E-state index in [0.29, 0.717) is 30.1 Å². The molecule has 5 unspecified atom stereocenters. The Morgan fingerprint density at radius 3 is 2.53 bits per heavy atom. The van der Waals surface area contributed by atoms with Gasteiger partial charge in [0.15, 0.2) is 0 Å². The van der Waals surface area contributed by atoms with Crippen LogP contribution >= 0.6 is 11.3 Å². The van der Waals surface area contributed by atoms with E-state index in [1.54, 1.807) is 0 Å². The molecule has 2 heterocycles. The summed E-state index contributed by atoms with van der Waals surface area (Å²) in [5.41, 5.74) is 1.44. The average molecular weight is 281 g/mol. The highest BCUT2D eigenvalue weighted by molar-refractivity contribution is 7.10. The molecule has 0 saturated carbocycles. The van der Waals surface area contributed by atoms with Crippen LogP contribution in [-0.2, 0) is 4.74 Å². The second kappa shape index (κ2) is 6.38. The number of nitrogens with one attached hydrogen (secondary N) is 1. The van der Waals surface area contributed by atoms with E-state index in [1.165, 1.54) is 16.9 Å². The molecule has 2 nitrogen and oxygen atoms in total. The summed E-state index contributed by atoms with van der Waals surface area (Å²) in [6, 6.07) is 2.76. The first kappa shape index (κ1) is 15.0. The molecule has 5 atom stereocenters. The van der Waals surface area contributed by atoms with Crippen molar-refractivity contribution in [2.24, 2.45) is 11.8 Å². The lowest BCUT2D eigenvalue weighted by Gasteiger charge is -2.29. The largest absolute Gasteiger partial charge is 0.375 e. The summed E-state index contributed by atoms with van der Waals surface area (Å²) in [6.45, 7) is 12.2. The second-order valence-electron chi connectivity index (χ2n) is 5.91. The SMILES string of the molecule is CCCNC(c1csc(C)c1)C1C(C)OC(C)C1C. The van der Waals surface area contributed by atoms with Gasteiger partial charge in [0, 0.05) is 16.8 Å². The Balaban J connectivity index is 2.22. The van der Waals surface area contributed by atoms with Crippen molar-refractivity contribution < 1.29 is 4.74 Å². The Morgan fingerprint density at radius 1 is 1.32 bits per heavy atom. The van der Waals surface area contributed by atoms with Crippen molar-refractivity contribution in [2.45, 2.75) is 59.3 Å². The zero-order valence-electron chi connectivity index (χ0n) is 12.8. The maximum atomic E-state index is 6.04. The normalized spacial score (nSPS) is 32.7. The van der Waals surface area contributed by atoms with Crippen LogP contribution in [0.3, 0.4) is 0 Å². The van der Waals surface area contributed by atoms with Gasteiger partial charge in [0.05, 0.1) is 12.2 Å².